The molecule has 3 rings (SSSR count). The van der Waals surface area contributed by atoms with Crippen LogP contribution in [0.1, 0.15) is 24.5 Å². The van der Waals surface area contributed by atoms with E-state index in [9.17, 15) is 13.6 Å². The van der Waals surface area contributed by atoms with Gasteiger partial charge in [-0.05, 0) is 73.7 Å². The van der Waals surface area contributed by atoms with Gasteiger partial charge in [-0.3, -0.25) is 4.79 Å². The van der Waals surface area contributed by atoms with Crippen molar-refractivity contribution in [1.29, 1.82) is 0 Å². The van der Waals surface area contributed by atoms with Gasteiger partial charge in [0.15, 0.2) is 0 Å². The van der Waals surface area contributed by atoms with E-state index in [2.05, 4.69) is 27.5 Å². The second-order valence-corrected chi connectivity index (χ2v) is 6.10. The molecule has 1 aliphatic rings. The van der Waals surface area contributed by atoms with Crippen molar-refractivity contribution in [3.8, 4) is 5.75 Å². The van der Waals surface area contributed by atoms with Crippen LogP contribution in [0.5, 0.6) is 5.75 Å². The molecule has 132 valence electrons. The molecule has 0 aromatic heterocycles. The van der Waals surface area contributed by atoms with E-state index in [0.29, 0.717) is 5.69 Å². The summed E-state index contributed by atoms with van der Waals surface area (Å²) in [5, 5.41) is 5.94. The first-order valence-electron chi connectivity index (χ1n) is 8.25. The Labute approximate surface area is 145 Å². The van der Waals surface area contributed by atoms with Crippen LogP contribution in [0.3, 0.4) is 0 Å². The number of anilines is 2. The van der Waals surface area contributed by atoms with Crippen molar-refractivity contribution in [3.63, 3.8) is 0 Å². The summed E-state index contributed by atoms with van der Waals surface area (Å²) in [5.41, 5.74) is 4.17. The zero-order valence-electron chi connectivity index (χ0n) is 13.9. The van der Waals surface area contributed by atoms with Gasteiger partial charge < -0.3 is 15.4 Å². The minimum absolute atomic E-state index is 0.0531. The van der Waals surface area contributed by atoms with Crippen molar-refractivity contribution in [2.24, 2.45) is 0 Å². The number of carbonyl (C=O) groups is 1. The average molecular weight is 346 g/mol. The molecule has 2 aromatic rings. The lowest BCUT2D eigenvalue weighted by Crippen LogP contribution is -2.31. The van der Waals surface area contributed by atoms with Crippen LogP contribution in [0.4, 0.5) is 20.2 Å². The van der Waals surface area contributed by atoms with Crippen molar-refractivity contribution < 1.29 is 18.3 Å². The molecule has 0 heterocycles. The van der Waals surface area contributed by atoms with E-state index >= 15 is 0 Å². The van der Waals surface area contributed by atoms with Crippen LogP contribution in [-0.4, -0.2) is 18.6 Å². The number of alkyl halides is 2. The molecule has 0 unspecified atom stereocenters. The van der Waals surface area contributed by atoms with E-state index in [1.165, 1.54) is 41.8 Å². The molecule has 25 heavy (non-hydrogen) atoms. The Bertz CT molecular complexity index is 748. The molecule has 4 nitrogen and oxygen atoms in total. The van der Waals surface area contributed by atoms with Crippen LogP contribution in [0.2, 0.25) is 0 Å². The molecule has 1 aliphatic carbocycles. The van der Waals surface area contributed by atoms with E-state index in [-0.39, 0.29) is 11.7 Å². The second kappa shape index (κ2) is 7.51. The summed E-state index contributed by atoms with van der Waals surface area (Å²) in [5.74, 6) is -0.152. The summed E-state index contributed by atoms with van der Waals surface area (Å²) in [4.78, 5) is 12.3. The maximum Gasteiger partial charge on any atom is 0.387 e. The molecule has 0 aliphatic heterocycles. The van der Waals surface area contributed by atoms with E-state index < -0.39 is 12.7 Å². The Hall–Kier alpha value is -2.63. The average Bonchev–Trinajstić information content (AvgIpc) is 3.03. The minimum Gasteiger partial charge on any atom is -0.435 e. The highest BCUT2D eigenvalue weighted by Gasteiger charge is 2.15. The summed E-state index contributed by atoms with van der Waals surface area (Å²) in [7, 11) is 0. The molecule has 1 amide bonds. The van der Waals surface area contributed by atoms with Crippen LogP contribution in [0.25, 0.3) is 0 Å². The zero-order chi connectivity index (χ0) is 17.8. The number of carbonyl (C=O) groups excluding carboxylic acids is 1. The number of fused-ring (bicyclic) bond motifs is 1. The molecule has 2 N–H and O–H groups in total. The SMILES string of the molecule is C[C@H](Nc1ccc2c(c1)CCC2)C(=O)Nc1ccc(OC(F)F)cc1. The Morgan fingerprint density at radius 2 is 1.72 bits per heavy atom. The number of nitrogens with one attached hydrogen (secondary N) is 2. The van der Waals surface area contributed by atoms with E-state index in [4.69, 9.17) is 0 Å². The standard InChI is InChI=1S/C19H20F2N2O2/c1-12(22-16-6-5-13-3-2-4-14(13)11-16)18(24)23-15-7-9-17(10-8-15)25-19(20)21/h5-12,19,22H,2-4H2,1H3,(H,23,24)/t12-/m0/s1. The van der Waals surface area contributed by atoms with Crippen molar-refractivity contribution in [2.45, 2.75) is 38.8 Å². The van der Waals surface area contributed by atoms with Crippen LogP contribution in [0, 0.1) is 0 Å². The Morgan fingerprint density at radius 1 is 1.04 bits per heavy atom. The topological polar surface area (TPSA) is 50.4 Å². The molecule has 1 atom stereocenters. The lowest BCUT2D eigenvalue weighted by atomic mass is 10.1. The third-order valence-electron chi connectivity index (χ3n) is 4.22. The molecule has 0 radical (unpaired) electrons. The maximum atomic E-state index is 12.3. The summed E-state index contributed by atoms with van der Waals surface area (Å²) >= 11 is 0. The van der Waals surface area contributed by atoms with Gasteiger partial charge in [0.05, 0.1) is 0 Å². The number of amides is 1. The highest BCUT2D eigenvalue weighted by Crippen LogP contribution is 2.25. The molecule has 0 bridgehead atoms. The molecule has 0 fully saturated rings. The van der Waals surface area contributed by atoms with Crippen molar-refractivity contribution in [2.75, 3.05) is 10.6 Å². The van der Waals surface area contributed by atoms with Crippen molar-refractivity contribution in [3.05, 3.63) is 53.6 Å². The van der Waals surface area contributed by atoms with Gasteiger partial charge in [0.1, 0.15) is 11.8 Å². The molecule has 2 aromatic carbocycles. The third-order valence-corrected chi connectivity index (χ3v) is 4.22. The lowest BCUT2D eigenvalue weighted by molar-refractivity contribution is -0.116. The van der Waals surface area contributed by atoms with Gasteiger partial charge in [0, 0.05) is 11.4 Å². The van der Waals surface area contributed by atoms with Crippen LogP contribution in [-0.2, 0) is 17.6 Å². The predicted molar refractivity (Wildman–Crippen MR) is 93.3 cm³/mol. The summed E-state index contributed by atoms with van der Waals surface area (Å²) in [6.45, 7) is -1.09. The number of ether oxygens (including phenoxy) is 1. The molecule has 0 spiro atoms. The van der Waals surface area contributed by atoms with Crippen molar-refractivity contribution in [1.82, 2.24) is 0 Å². The summed E-state index contributed by atoms with van der Waals surface area (Å²) in [6.07, 6.45) is 3.38. The highest BCUT2D eigenvalue weighted by molar-refractivity contribution is 5.96. The Morgan fingerprint density at radius 3 is 2.44 bits per heavy atom. The van der Waals surface area contributed by atoms with E-state index in [0.717, 1.165) is 18.5 Å². The Balaban J connectivity index is 1.57. The minimum atomic E-state index is -2.86. The number of hydrogen-bond donors (Lipinski definition) is 2. The van der Waals surface area contributed by atoms with E-state index in [1.807, 2.05) is 6.07 Å². The number of hydrogen-bond acceptors (Lipinski definition) is 3. The summed E-state index contributed by atoms with van der Waals surface area (Å²) in [6, 6.07) is 11.6. The first-order chi connectivity index (χ1) is 12.0. The van der Waals surface area contributed by atoms with Gasteiger partial charge in [-0.25, -0.2) is 0 Å². The van der Waals surface area contributed by atoms with Crippen LogP contribution >= 0.6 is 0 Å². The predicted octanol–water partition coefficient (Wildman–Crippen LogP) is 4.22. The molecular weight excluding hydrogens is 326 g/mol. The second-order valence-electron chi connectivity index (χ2n) is 6.10. The quantitative estimate of drug-likeness (QED) is 0.823. The normalized spacial score (nSPS) is 14.1. The number of aryl methyl sites for hydroxylation is 2. The smallest absolute Gasteiger partial charge is 0.387 e. The van der Waals surface area contributed by atoms with E-state index in [1.54, 1.807) is 6.92 Å². The van der Waals surface area contributed by atoms with Gasteiger partial charge in [-0.15, -0.1) is 0 Å². The van der Waals surface area contributed by atoms with Gasteiger partial charge in [0.25, 0.3) is 0 Å². The molecule has 0 saturated carbocycles. The fourth-order valence-corrected chi connectivity index (χ4v) is 2.95. The lowest BCUT2D eigenvalue weighted by Gasteiger charge is -2.16. The van der Waals surface area contributed by atoms with Gasteiger partial charge in [-0.2, -0.15) is 8.78 Å². The first kappa shape index (κ1) is 17.2. The van der Waals surface area contributed by atoms with Gasteiger partial charge >= 0.3 is 6.61 Å². The van der Waals surface area contributed by atoms with Crippen LogP contribution < -0.4 is 15.4 Å². The number of rotatable bonds is 6. The fraction of sp³-hybridized carbons (Fsp3) is 0.316. The molecule has 6 heteroatoms. The highest BCUT2D eigenvalue weighted by atomic mass is 19.3. The first-order valence-corrected chi connectivity index (χ1v) is 8.25. The largest absolute Gasteiger partial charge is 0.435 e. The maximum absolute atomic E-state index is 12.3. The Kier molecular flexibility index (Phi) is 5.16. The number of halogens is 2. The van der Waals surface area contributed by atoms with Crippen molar-refractivity contribution >= 4 is 17.3 Å². The number of benzene rings is 2. The van der Waals surface area contributed by atoms with Crippen LogP contribution in [0.15, 0.2) is 42.5 Å². The molecule has 0 saturated heterocycles. The molecular formula is C19H20F2N2O2. The van der Waals surface area contributed by atoms with Gasteiger partial charge in [0.2, 0.25) is 5.91 Å². The zero-order valence-corrected chi connectivity index (χ0v) is 13.9. The third kappa shape index (κ3) is 4.47. The monoisotopic (exact) mass is 346 g/mol. The summed E-state index contributed by atoms with van der Waals surface area (Å²) < 4.78 is 28.5. The fourth-order valence-electron chi connectivity index (χ4n) is 2.95. The van der Waals surface area contributed by atoms with Gasteiger partial charge in [-0.1, -0.05) is 6.07 Å².